The maximum absolute atomic E-state index is 13.4. The van der Waals surface area contributed by atoms with E-state index < -0.39 is 23.6 Å². The molecule has 0 saturated heterocycles. The largest absolute Gasteiger partial charge is 0.481 e. The molecule has 0 radical (unpaired) electrons. The first-order chi connectivity index (χ1) is 8.50. The van der Waals surface area contributed by atoms with Gasteiger partial charge in [-0.3, -0.25) is 9.59 Å². The maximum atomic E-state index is 13.4. The number of benzene rings is 1. The number of hydrogen-bond acceptors (Lipinski definition) is 2. The van der Waals surface area contributed by atoms with E-state index in [-0.39, 0.29) is 23.0 Å². The van der Waals surface area contributed by atoms with E-state index in [1.54, 1.807) is 0 Å². The summed E-state index contributed by atoms with van der Waals surface area (Å²) in [4.78, 5) is 22.2. The first-order valence-electron chi connectivity index (χ1n) is 5.44. The van der Waals surface area contributed by atoms with Crippen LogP contribution in [0.2, 0.25) is 5.02 Å². The average Bonchev–Trinajstić information content (AvgIpc) is 3.08. The van der Waals surface area contributed by atoms with Crippen molar-refractivity contribution >= 4 is 23.5 Å². The quantitative estimate of drug-likeness (QED) is 0.878. The van der Waals surface area contributed by atoms with Crippen LogP contribution >= 0.6 is 11.6 Å². The molecule has 1 aromatic carbocycles. The number of nitrogens with one attached hydrogen (secondary N) is 1. The lowest BCUT2D eigenvalue weighted by Gasteiger charge is -2.07. The van der Waals surface area contributed by atoms with Gasteiger partial charge >= 0.3 is 5.97 Å². The highest BCUT2D eigenvalue weighted by Crippen LogP contribution is 2.38. The Hall–Kier alpha value is -1.62. The molecule has 18 heavy (non-hydrogen) atoms. The van der Waals surface area contributed by atoms with Gasteiger partial charge < -0.3 is 10.4 Å². The van der Waals surface area contributed by atoms with E-state index in [2.05, 4.69) is 5.32 Å². The topological polar surface area (TPSA) is 66.4 Å². The van der Waals surface area contributed by atoms with Crippen molar-refractivity contribution in [1.29, 1.82) is 0 Å². The molecule has 0 heterocycles. The van der Waals surface area contributed by atoms with Crippen LogP contribution in [0.4, 0.5) is 4.39 Å². The lowest BCUT2D eigenvalue weighted by Crippen LogP contribution is -2.26. The summed E-state index contributed by atoms with van der Waals surface area (Å²) in [6.45, 7) is -0.0345. The molecule has 96 valence electrons. The minimum absolute atomic E-state index is 0.0345. The fourth-order valence-electron chi connectivity index (χ4n) is 1.77. The maximum Gasteiger partial charge on any atom is 0.307 e. The van der Waals surface area contributed by atoms with Crippen LogP contribution in [0, 0.1) is 17.7 Å². The number of carbonyl (C=O) groups excluding carboxylic acids is 1. The minimum Gasteiger partial charge on any atom is -0.481 e. The molecule has 2 atom stereocenters. The van der Waals surface area contributed by atoms with E-state index in [4.69, 9.17) is 16.7 Å². The Kier molecular flexibility index (Phi) is 3.52. The summed E-state index contributed by atoms with van der Waals surface area (Å²) in [5.41, 5.74) is 0.208. The van der Waals surface area contributed by atoms with Gasteiger partial charge in [-0.15, -0.1) is 0 Å². The lowest BCUT2D eigenvalue weighted by atomic mass is 10.2. The second kappa shape index (κ2) is 4.94. The Balaban J connectivity index is 1.93. The number of carboxylic acid groups (broad SMARTS) is 1. The molecule has 1 aliphatic carbocycles. The van der Waals surface area contributed by atoms with Crippen molar-refractivity contribution in [2.45, 2.75) is 13.0 Å². The van der Waals surface area contributed by atoms with Crippen molar-refractivity contribution < 1.29 is 19.1 Å². The van der Waals surface area contributed by atoms with Gasteiger partial charge in [0.2, 0.25) is 5.91 Å². The predicted octanol–water partition coefficient (Wildman–Crippen LogP) is 1.82. The fourth-order valence-corrected chi connectivity index (χ4v) is 2.00. The molecular formula is C12H11ClFNO3. The number of carboxylic acids is 1. The van der Waals surface area contributed by atoms with Crippen molar-refractivity contribution in [2.24, 2.45) is 11.8 Å². The third kappa shape index (κ3) is 2.61. The van der Waals surface area contributed by atoms with Gasteiger partial charge in [0, 0.05) is 17.1 Å². The SMILES string of the molecule is O=C(O)C1CC1C(=O)NCc1c(F)cccc1Cl. The fraction of sp³-hybridized carbons (Fsp3) is 0.333. The molecule has 0 spiro atoms. The smallest absolute Gasteiger partial charge is 0.307 e. The molecule has 1 aliphatic rings. The molecule has 2 unspecified atom stereocenters. The van der Waals surface area contributed by atoms with Gasteiger partial charge in [0.15, 0.2) is 0 Å². The zero-order chi connectivity index (χ0) is 13.3. The van der Waals surface area contributed by atoms with Crippen molar-refractivity contribution in [3.8, 4) is 0 Å². The molecule has 4 nitrogen and oxygen atoms in total. The standard InChI is InChI=1S/C12H11ClFNO3/c13-9-2-1-3-10(14)8(9)5-15-11(16)6-4-7(6)12(17)18/h1-3,6-7H,4-5H2,(H,15,16)(H,17,18). The third-order valence-corrected chi connectivity index (χ3v) is 3.30. The minimum atomic E-state index is -0.973. The van der Waals surface area contributed by atoms with E-state index in [0.717, 1.165) is 0 Å². The molecule has 0 aliphatic heterocycles. The Morgan fingerprint density at radius 2 is 2.17 bits per heavy atom. The van der Waals surface area contributed by atoms with Crippen LogP contribution in [-0.2, 0) is 16.1 Å². The van der Waals surface area contributed by atoms with Crippen molar-refractivity contribution in [1.82, 2.24) is 5.32 Å². The highest BCUT2D eigenvalue weighted by Gasteiger charge is 2.48. The van der Waals surface area contributed by atoms with Gasteiger partial charge in [0.25, 0.3) is 0 Å². The third-order valence-electron chi connectivity index (χ3n) is 2.95. The first-order valence-corrected chi connectivity index (χ1v) is 5.82. The lowest BCUT2D eigenvalue weighted by molar-refractivity contribution is -0.140. The van der Waals surface area contributed by atoms with E-state index in [1.165, 1.54) is 18.2 Å². The van der Waals surface area contributed by atoms with E-state index >= 15 is 0 Å². The average molecular weight is 272 g/mol. The molecule has 2 N–H and O–H groups in total. The van der Waals surface area contributed by atoms with Crippen LogP contribution in [-0.4, -0.2) is 17.0 Å². The Morgan fingerprint density at radius 1 is 1.44 bits per heavy atom. The summed E-state index contributed by atoms with van der Waals surface area (Å²) in [6.07, 6.45) is 0.339. The zero-order valence-electron chi connectivity index (χ0n) is 9.32. The van der Waals surface area contributed by atoms with Crippen molar-refractivity contribution in [3.05, 3.63) is 34.6 Å². The van der Waals surface area contributed by atoms with Gasteiger partial charge in [-0.25, -0.2) is 4.39 Å². The molecule has 6 heteroatoms. The van der Waals surface area contributed by atoms with Crippen molar-refractivity contribution in [3.63, 3.8) is 0 Å². The van der Waals surface area contributed by atoms with Crippen LogP contribution in [0.1, 0.15) is 12.0 Å². The molecule has 2 rings (SSSR count). The second-order valence-corrected chi connectivity index (χ2v) is 4.61. The normalized spacial score (nSPS) is 21.4. The van der Waals surface area contributed by atoms with Crippen LogP contribution in [0.3, 0.4) is 0 Å². The Labute approximate surface area is 108 Å². The highest BCUT2D eigenvalue weighted by molar-refractivity contribution is 6.31. The van der Waals surface area contributed by atoms with Crippen LogP contribution in [0.5, 0.6) is 0 Å². The molecule has 1 amide bonds. The van der Waals surface area contributed by atoms with Gasteiger partial charge in [0.05, 0.1) is 11.8 Å². The highest BCUT2D eigenvalue weighted by atomic mass is 35.5. The number of rotatable bonds is 4. The first kappa shape index (κ1) is 12.8. The summed E-state index contributed by atoms with van der Waals surface area (Å²) in [5.74, 6) is -2.96. The molecule has 1 aromatic rings. The molecule has 1 fully saturated rings. The number of amides is 1. The molecular weight excluding hydrogens is 261 g/mol. The van der Waals surface area contributed by atoms with Crippen LogP contribution < -0.4 is 5.32 Å². The van der Waals surface area contributed by atoms with Crippen molar-refractivity contribution in [2.75, 3.05) is 0 Å². The van der Waals surface area contributed by atoms with Crippen LogP contribution in [0.25, 0.3) is 0 Å². The predicted molar refractivity (Wildman–Crippen MR) is 62.5 cm³/mol. The van der Waals surface area contributed by atoms with E-state index in [0.29, 0.717) is 6.42 Å². The zero-order valence-corrected chi connectivity index (χ0v) is 10.1. The van der Waals surface area contributed by atoms with Gasteiger partial charge in [-0.2, -0.15) is 0 Å². The number of hydrogen-bond donors (Lipinski definition) is 2. The van der Waals surface area contributed by atoms with E-state index in [1.807, 2.05) is 0 Å². The Morgan fingerprint density at radius 3 is 2.72 bits per heavy atom. The van der Waals surface area contributed by atoms with Crippen LogP contribution in [0.15, 0.2) is 18.2 Å². The number of carbonyl (C=O) groups is 2. The van der Waals surface area contributed by atoms with Gasteiger partial charge in [0.1, 0.15) is 5.82 Å². The van der Waals surface area contributed by atoms with Gasteiger partial charge in [-0.1, -0.05) is 17.7 Å². The second-order valence-electron chi connectivity index (χ2n) is 4.20. The molecule has 0 bridgehead atoms. The monoisotopic (exact) mass is 271 g/mol. The summed E-state index contributed by atoms with van der Waals surface area (Å²) in [7, 11) is 0. The summed E-state index contributed by atoms with van der Waals surface area (Å²) in [5, 5.41) is 11.4. The number of aliphatic carboxylic acids is 1. The molecule has 1 saturated carbocycles. The van der Waals surface area contributed by atoms with Gasteiger partial charge in [-0.05, 0) is 18.6 Å². The Bertz CT molecular complexity index is 486. The molecule has 0 aromatic heterocycles. The summed E-state index contributed by atoms with van der Waals surface area (Å²) in [6, 6.07) is 4.26. The summed E-state index contributed by atoms with van der Waals surface area (Å²) < 4.78 is 13.4. The summed E-state index contributed by atoms with van der Waals surface area (Å²) >= 11 is 5.80. The van der Waals surface area contributed by atoms with E-state index in [9.17, 15) is 14.0 Å². The number of halogens is 2.